The highest BCUT2D eigenvalue weighted by molar-refractivity contribution is 6.11. The Bertz CT molecular complexity index is 1360. The fourth-order valence-corrected chi connectivity index (χ4v) is 4.93. The van der Waals surface area contributed by atoms with E-state index < -0.39 is 11.4 Å². The maximum atomic E-state index is 13.8. The number of nitrogens with zero attached hydrogens (tertiary/aromatic N) is 3. The highest BCUT2D eigenvalue weighted by Crippen LogP contribution is 2.39. The molecule has 1 atom stereocenters. The molecule has 1 aliphatic carbocycles. The van der Waals surface area contributed by atoms with E-state index in [0.29, 0.717) is 23.8 Å². The molecule has 198 valence electrons. The molecule has 1 aromatic heterocycles. The predicted molar refractivity (Wildman–Crippen MR) is 140 cm³/mol. The summed E-state index contributed by atoms with van der Waals surface area (Å²) >= 11 is 0. The van der Waals surface area contributed by atoms with Crippen LogP contribution in [0.15, 0.2) is 54.9 Å². The quantitative estimate of drug-likeness (QED) is 0.450. The number of benzene rings is 2. The van der Waals surface area contributed by atoms with Crippen LogP contribution in [0.1, 0.15) is 53.2 Å². The summed E-state index contributed by atoms with van der Waals surface area (Å²) in [4.78, 5) is 46.4. The lowest BCUT2D eigenvalue weighted by atomic mass is 9.93. The van der Waals surface area contributed by atoms with Gasteiger partial charge >= 0.3 is 0 Å². The van der Waals surface area contributed by atoms with Crippen molar-refractivity contribution in [1.29, 1.82) is 0 Å². The van der Waals surface area contributed by atoms with Crippen LogP contribution in [0.25, 0.3) is 0 Å². The van der Waals surface area contributed by atoms with E-state index in [1.54, 1.807) is 47.8 Å². The number of nitrogens with one attached hydrogen (secondary N) is 2. The molecule has 2 N–H and O–H groups in total. The van der Waals surface area contributed by atoms with Gasteiger partial charge in [-0.2, -0.15) is 0 Å². The van der Waals surface area contributed by atoms with Gasteiger partial charge in [-0.3, -0.25) is 14.4 Å². The molecular weight excluding hydrogens is 486 g/mol. The molecule has 2 aliphatic rings. The lowest BCUT2D eigenvalue weighted by molar-refractivity contribution is -0.133. The number of anilines is 1. The normalized spacial score (nSPS) is 18.5. The number of ether oxygens (including phenoxy) is 2. The van der Waals surface area contributed by atoms with Crippen LogP contribution in [0, 0.1) is 0 Å². The van der Waals surface area contributed by atoms with E-state index in [1.165, 1.54) is 6.33 Å². The maximum Gasteiger partial charge on any atom is 0.276 e. The number of aromatic nitrogens is 2. The first-order chi connectivity index (χ1) is 18.4. The Labute approximate surface area is 220 Å². The average molecular weight is 518 g/mol. The zero-order valence-electron chi connectivity index (χ0n) is 21.7. The van der Waals surface area contributed by atoms with Crippen molar-refractivity contribution >= 4 is 23.4 Å². The van der Waals surface area contributed by atoms with Gasteiger partial charge in [-0.1, -0.05) is 18.2 Å². The molecule has 3 amide bonds. The van der Waals surface area contributed by atoms with E-state index in [2.05, 4.69) is 15.6 Å². The lowest BCUT2D eigenvalue weighted by Crippen LogP contribution is -2.64. The Morgan fingerprint density at radius 1 is 1.13 bits per heavy atom. The van der Waals surface area contributed by atoms with E-state index in [9.17, 15) is 14.4 Å². The monoisotopic (exact) mass is 517 g/mol. The molecule has 3 aromatic rings. The molecule has 1 fully saturated rings. The van der Waals surface area contributed by atoms with Crippen molar-refractivity contribution in [3.8, 4) is 11.5 Å². The second kappa shape index (κ2) is 10.2. The number of hydrogen-bond donors (Lipinski definition) is 2. The second-order valence-corrected chi connectivity index (χ2v) is 9.66. The van der Waals surface area contributed by atoms with Crippen molar-refractivity contribution in [2.45, 2.75) is 51.4 Å². The second-order valence-electron chi connectivity index (χ2n) is 9.66. The first-order valence-electron chi connectivity index (χ1n) is 12.7. The lowest BCUT2D eigenvalue weighted by Gasteiger charge is -2.44. The first-order valence-corrected chi connectivity index (χ1v) is 12.7. The van der Waals surface area contributed by atoms with Crippen LogP contribution in [0.2, 0.25) is 0 Å². The van der Waals surface area contributed by atoms with Gasteiger partial charge in [0.1, 0.15) is 22.7 Å². The number of methoxy groups -OCH3 is 1. The van der Waals surface area contributed by atoms with Gasteiger partial charge in [-0.15, -0.1) is 0 Å². The predicted octanol–water partition coefficient (Wildman–Crippen LogP) is 3.24. The highest BCUT2D eigenvalue weighted by Gasteiger charge is 2.53. The van der Waals surface area contributed by atoms with E-state index in [4.69, 9.17) is 9.47 Å². The van der Waals surface area contributed by atoms with E-state index >= 15 is 0 Å². The van der Waals surface area contributed by atoms with Crippen LogP contribution in [-0.4, -0.2) is 57.5 Å². The molecule has 1 aliphatic heterocycles. The number of carbonyl (C=O) groups excluding carboxylic acids is 3. The summed E-state index contributed by atoms with van der Waals surface area (Å²) in [5.41, 5.74) is 0.477. The van der Waals surface area contributed by atoms with Crippen molar-refractivity contribution in [2.75, 3.05) is 19.0 Å². The largest absolute Gasteiger partial charge is 0.496 e. The van der Waals surface area contributed by atoms with Crippen LogP contribution in [-0.2, 0) is 17.9 Å². The minimum atomic E-state index is -1.14. The van der Waals surface area contributed by atoms with Crippen molar-refractivity contribution in [3.63, 3.8) is 0 Å². The molecule has 10 nitrogen and oxygen atoms in total. The molecule has 0 saturated heterocycles. The number of hydrogen-bond acceptors (Lipinski definition) is 6. The van der Waals surface area contributed by atoms with E-state index in [-0.39, 0.29) is 42.3 Å². The number of fused-ring (bicyclic) bond motifs is 1. The number of amides is 3. The summed E-state index contributed by atoms with van der Waals surface area (Å²) in [5, 5.41) is 5.79. The molecular formula is C28H31N5O5. The van der Waals surface area contributed by atoms with Gasteiger partial charge in [0.05, 0.1) is 26.6 Å². The molecule has 2 heterocycles. The Kier molecular flexibility index (Phi) is 6.79. The molecule has 0 unspecified atom stereocenters. The SMILES string of the molecule is CCOc1ccc(NC(=O)c2ncn3c2C(=O)N(C2CC2)[C@@](C)(C(=O)NCc2ccccc2OC)C3)cc1. The molecule has 0 bridgehead atoms. The minimum Gasteiger partial charge on any atom is -0.496 e. The van der Waals surface area contributed by atoms with Crippen LogP contribution >= 0.6 is 0 Å². The van der Waals surface area contributed by atoms with Crippen LogP contribution in [0.5, 0.6) is 11.5 Å². The van der Waals surface area contributed by atoms with Crippen molar-refractivity contribution in [3.05, 3.63) is 71.8 Å². The standard InChI is InChI=1S/C28H31N5O5/c1-4-38-21-13-9-19(10-14-21)31-25(34)23-24-26(35)33(20-11-12-20)28(2,16-32(24)17-30-23)27(36)29-15-18-7-5-6-8-22(18)37-3/h5-10,13-14,17,20H,4,11-12,15-16H2,1-3H3,(H,29,36)(H,31,34)/t28-/m1/s1. The van der Waals surface area contributed by atoms with Gasteiger partial charge in [0.25, 0.3) is 11.8 Å². The zero-order valence-corrected chi connectivity index (χ0v) is 21.7. The van der Waals surface area contributed by atoms with Gasteiger partial charge in [0.2, 0.25) is 5.91 Å². The Morgan fingerprint density at radius 3 is 2.55 bits per heavy atom. The summed E-state index contributed by atoms with van der Waals surface area (Å²) in [5.74, 6) is 0.239. The van der Waals surface area contributed by atoms with E-state index in [1.807, 2.05) is 31.2 Å². The third-order valence-electron chi connectivity index (χ3n) is 6.94. The summed E-state index contributed by atoms with van der Waals surface area (Å²) < 4.78 is 12.4. The Balaban J connectivity index is 1.37. The summed E-state index contributed by atoms with van der Waals surface area (Å²) in [6, 6.07) is 14.4. The van der Waals surface area contributed by atoms with Crippen molar-refractivity contribution < 1.29 is 23.9 Å². The van der Waals surface area contributed by atoms with Crippen molar-refractivity contribution in [2.24, 2.45) is 0 Å². The van der Waals surface area contributed by atoms with Crippen molar-refractivity contribution in [1.82, 2.24) is 19.8 Å². The van der Waals surface area contributed by atoms with Gasteiger partial charge in [-0.25, -0.2) is 4.98 Å². The Hall–Kier alpha value is -4.34. The summed E-state index contributed by atoms with van der Waals surface area (Å²) in [7, 11) is 1.58. The maximum absolute atomic E-state index is 13.8. The average Bonchev–Trinajstić information content (AvgIpc) is 3.66. The molecule has 0 spiro atoms. The minimum absolute atomic E-state index is 0.0333. The summed E-state index contributed by atoms with van der Waals surface area (Å²) in [6.07, 6.45) is 3.07. The number of imidazole rings is 1. The molecule has 38 heavy (non-hydrogen) atoms. The third-order valence-corrected chi connectivity index (χ3v) is 6.94. The first kappa shape index (κ1) is 25.3. The fourth-order valence-electron chi connectivity index (χ4n) is 4.93. The van der Waals surface area contributed by atoms with Gasteiger partial charge in [-0.05, 0) is 57.0 Å². The molecule has 1 saturated carbocycles. The van der Waals surface area contributed by atoms with Crippen LogP contribution in [0.3, 0.4) is 0 Å². The third kappa shape index (κ3) is 4.69. The molecule has 0 radical (unpaired) electrons. The Morgan fingerprint density at radius 2 is 1.87 bits per heavy atom. The molecule has 2 aromatic carbocycles. The molecule has 10 heteroatoms. The molecule has 5 rings (SSSR count). The smallest absolute Gasteiger partial charge is 0.276 e. The zero-order chi connectivity index (χ0) is 26.9. The van der Waals surface area contributed by atoms with Crippen LogP contribution < -0.4 is 20.1 Å². The van der Waals surface area contributed by atoms with Crippen LogP contribution in [0.4, 0.5) is 5.69 Å². The number of para-hydroxylation sites is 1. The summed E-state index contributed by atoms with van der Waals surface area (Å²) in [6.45, 7) is 4.66. The number of rotatable bonds is 9. The van der Waals surface area contributed by atoms with Gasteiger partial charge < -0.3 is 29.6 Å². The number of carbonyl (C=O) groups is 3. The highest BCUT2D eigenvalue weighted by atomic mass is 16.5. The topological polar surface area (TPSA) is 115 Å². The van der Waals surface area contributed by atoms with Gasteiger partial charge in [0, 0.05) is 23.8 Å². The fraction of sp³-hybridized carbons (Fsp3) is 0.357. The van der Waals surface area contributed by atoms with E-state index in [0.717, 1.165) is 18.4 Å². The van der Waals surface area contributed by atoms with Gasteiger partial charge in [0.15, 0.2) is 5.69 Å².